The Bertz CT molecular complexity index is 199. The first-order valence-corrected chi connectivity index (χ1v) is 9.36. The highest BCUT2D eigenvalue weighted by Crippen LogP contribution is 2.00. The highest BCUT2D eigenvalue weighted by atomic mass is 35.8. The Morgan fingerprint density at radius 2 is 1.54 bits per heavy atom. The molecular formula is C9H12AlCl3. The molecule has 0 amide bonds. The summed E-state index contributed by atoms with van der Waals surface area (Å²) < 4.78 is 0. The van der Waals surface area contributed by atoms with Gasteiger partial charge in [-0.1, -0.05) is 43.7 Å². The number of benzene rings is 1. The first-order valence-electron chi connectivity index (χ1n) is 4.13. The smallest absolute Gasteiger partial charge is 0.214 e. The molecule has 1 aromatic carbocycles. The van der Waals surface area contributed by atoms with Gasteiger partial charge in [-0.2, -0.15) is 0 Å². The van der Waals surface area contributed by atoms with Crippen molar-refractivity contribution in [2.45, 2.75) is 19.8 Å². The monoisotopic (exact) mass is 252 g/mol. The van der Waals surface area contributed by atoms with E-state index in [2.05, 4.69) is 37.3 Å². The highest BCUT2D eigenvalue weighted by molar-refractivity contribution is 7.54. The van der Waals surface area contributed by atoms with Gasteiger partial charge in [-0.15, -0.1) is 0 Å². The fourth-order valence-electron chi connectivity index (χ4n) is 0.933. The van der Waals surface area contributed by atoms with Crippen molar-refractivity contribution in [2.24, 2.45) is 0 Å². The maximum absolute atomic E-state index is 4.94. The van der Waals surface area contributed by atoms with Crippen molar-refractivity contribution in [2.75, 3.05) is 0 Å². The van der Waals surface area contributed by atoms with Crippen molar-refractivity contribution in [3.05, 3.63) is 35.9 Å². The summed E-state index contributed by atoms with van der Waals surface area (Å²) in [5, 5.41) is 0. The minimum absolute atomic E-state index is 1.21. The van der Waals surface area contributed by atoms with Crippen molar-refractivity contribution in [3.8, 4) is 0 Å². The van der Waals surface area contributed by atoms with Gasteiger partial charge < -0.3 is 0 Å². The lowest BCUT2D eigenvalue weighted by Gasteiger charge is -1.93. The Kier molecular flexibility index (Phi) is 9.63. The number of halogens is 3. The van der Waals surface area contributed by atoms with Crippen LogP contribution in [-0.4, -0.2) is 11.4 Å². The molecule has 0 aliphatic carbocycles. The molecule has 0 bridgehead atoms. The third kappa shape index (κ3) is 10.5. The summed E-state index contributed by atoms with van der Waals surface area (Å²) in [4.78, 5) is 0. The van der Waals surface area contributed by atoms with Gasteiger partial charge in [0.2, 0.25) is 0 Å². The van der Waals surface area contributed by atoms with Gasteiger partial charge in [-0.25, -0.2) is 30.1 Å². The van der Waals surface area contributed by atoms with E-state index in [4.69, 9.17) is 30.1 Å². The van der Waals surface area contributed by atoms with Crippen LogP contribution in [0.3, 0.4) is 0 Å². The van der Waals surface area contributed by atoms with Gasteiger partial charge in [0, 0.05) is 0 Å². The summed E-state index contributed by atoms with van der Waals surface area (Å²) in [7, 11) is 14.8. The lowest BCUT2D eigenvalue weighted by atomic mass is 10.1. The van der Waals surface area contributed by atoms with Crippen LogP contribution in [0.4, 0.5) is 0 Å². The van der Waals surface area contributed by atoms with Crippen molar-refractivity contribution in [1.82, 2.24) is 0 Å². The Hall–Kier alpha value is 0.622. The summed E-state index contributed by atoms with van der Waals surface area (Å²) in [5.74, 6) is 0. The second-order valence-corrected chi connectivity index (χ2v) is 8.92. The predicted octanol–water partition coefficient (Wildman–Crippen LogP) is 4.33. The molecule has 0 atom stereocenters. The quantitative estimate of drug-likeness (QED) is 0.688. The standard InChI is InChI=1S/C9H12.Al.3ClH/c1-2-6-9-7-4-3-5-8-9;;;;/h3-5,7-8H,2,6H2,1H3;;3*1H/q;+3;;;/p-3. The molecule has 0 aliphatic heterocycles. The number of rotatable bonds is 2. The van der Waals surface area contributed by atoms with Crippen LogP contribution < -0.4 is 0 Å². The summed E-state index contributed by atoms with van der Waals surface area (Å²) in [6.45, 7) is 2.20. The molecule has 0 heterocycles. The molecular weight excluding hydrogens is 241 g/mol. The minimum Gasteiger partial charge on any atom is -0.214 e. The van der Waals surface area contributed by atoms with Gasteiger partial charge in [0.15, 0.2) is 0 Å². The Labute approximate surface area is 96.8 Å². The topological polar surface area (TPSA) is 0 Å². The van der Waals surface area contributed by atoms with Crippen molar-refractivity contribution in [3.63, 3.8) is 0 Å². The van der Waals surface area contributed by atoms with Crippen LogP contribution in [0.5, 0.6) is 0 Å². The van der Waals surface area contributed by atoms with Gasteiger partial charge in [0.25, 0.3) is 0 Å². The summed E-state index contributed by atoms with van der Waals surface area (Å²) in [5.41, 5.74) is 1.44. The zero-order chi connectivity index (χ0) is 10.1. The predicted molar refractivity (Wildman–Crippen MR) is 63.8 cm³/mol. The van der Waals surface area contributed by atoms with Gasteiger partial charge in [0.05, 0.1) is 0 Å². The Balaban J connectivity index is 0.000000310. The van der Waals surface area contributed by atoms with E-state index in [-0.39, 0.29) is 0 Å². The molecule has 0 saturated carbocycles. The molecule has 0 saturated heterocycles. The average Bonchev–Trinajstić information content (AvgIpc) is 2.06. The van der Waals surface area contributed by atoms with E-state index in [1.165, 1.54) is 18.4 Å². The molecule has 0 nitrogen and oxygen atoms in total. The van der Waals surface area contributed by atoms with Gasteiger partial charge in [-0.05, 0) is 12.0 Å². The minimum atomic E-state index is -1.72. The molecule has 1 rings (SSSR count). The van der Waals surface area contributed by atoms with Gasteiger partial charge in [0.1, 0.15) is 0 Å². The van der Waals surface area contributed by atoms with E-state index in [0.717, 1.165) is 0 Å². The van der Waals surface area contributed by atoms with Crippen LogP contribution >= 0.6 is 30.1 Å². The normalized spacial score (nSPS) is 8.62. The largest absolute Gasteiger partial charge is 0.643 e. The van der Waals surface area contributed by atoms with Crippen LogP contribution in [-0.2, 0) is 6.42 Å². The molecule has 0 fully saturated rings. The molecule has 4 heteroatoms. The van der Waals surface area contributed by atoms with Gasteiger partial charge >= 0.3 is 11.4 Å². The summed E-state index contributed by atoms with van der Waals surface area (Å²) in [6.07, 6.45) is 2.45. The van der Waals surface area contributed by atoms with E-state index in [1.54, 1.807) is 0 Å². The Morgan fingerprint density at radius 3 is 1.92 bits per heavy atom. The molecule has 72 valence electrons. The number of hydrogen-bond donors (Lipinski definition) is 0. The Morgan fingerprint density at radius 1 is 1.08 bits per heavy atom. The summed E-state index contributed by atoms with van der Waals surface area (Å²) in [6, 6.07) is 10.6. The van der Waals surface area contributed by atoms with Crippen LogP contribution in [0.15, 0.2) is 30.3 Å². The lowest BCUT2D eigenvalue weighted by molar-refractivity contribution is 0.922. The second kappa shape index (κ2) is 9.19. The van der Waals surface area contributed by atoms with Crippen LogP contribution in [0.25, 0.3) is 0 Å². The first kappa shape index (κ1) is 13.6. The molecule has 13 heavy (non-hydrogen) atoms. The van der Waals surface area contributed by atoms with Crippen molar-refractivity contribution in [1.29, 1.82) is 0 Å². The molecule has 0 N–H and O–H groups in total. The van der Waals surface area contributed by atoms with E-state index in [1.807, 2.05) is 0 Å². The third-order valence-electron chi connectivity index (χ3n) is 1.38. The maximum Gasteiger partial charge on any atom is 0.643 e. The zero-order valence-corrected chi connectivity index (χ0v) is 10.9. The fraction of sp³-hybridized carbons (Fsp3) is 0.333. The fourth-order valence-corrected chi connectivity index (χ4v) is 0.933. The number of hydrogen-bond acceptors (Lipinski definition) is 0. The van der Waals surface area contributed by atoms with Crippen LogP contribution in [0.2, 0.25) is 0 Å². The van der Waals surface area contributed by atoms with Crippen LogP contribution in [0.1, 0.15) is 18.9 Å². The highest BCUT2D eigenvalue weighted by Gasteiger charge is 2.00. The van der Waals surface area contributed by atoms with E-state index in [0.29, 0.717) is 0 Å². The van der Waals surface area contributed by atoms with E-state index >= 15 is 0 Å². The molecule has 0 spiro atoms. The first-order chi connectivity index (χ1) is 6.16. The number of aryl methyl sites for hydroxylation is 1. The summed E-state index contributed by atoms with van der Waals surface area (Å²) >= 11 is -1.72. The molecule has 0 unspecified atom stereocenters. The third-order valence-corrected chi connectivity index (χ3v) is 1.38. The average molecular weight is 254 g/mol. The molecule has 0 aliphatic rings. The van der Waals surface area contributed by atoms with Crippen molar-refractivity contribution < 1.29 is 0 Å². The molecule has 0 radical (unpaired) electrons. The van der Waals surface area contributed by atoms with E-state index in [9.17, 15) is 0 Å². The SMILES string of the molecule is CCCc1ccccc1.[Cl][Al]([Cl])[Cl]. The lowest BCUT2D eigenvalue weighted by Crippen LogP contribution is -1.78. The zero-order valence-electron chi connectivity index (χ0n) is 7.51. The van der Waals surface area contributed by atoms with Gasteiger partial charge in [-0.3, -0.25) is 0 Å². The van der Waals surface area contributed by atoms with Crippen molar-refractivity contribution >= 4 is 41.5 Å². The maximum atomic E-state index is 4.94. The molecule has 0 aromatic heterocycles. The second-order valence-electron chi connectivity index (χ2n) is 2.48. The van der Waals surface area contributed by atoms with E-state index < -0.39 is 11.4 Å². The van der Waals surface area contributed by atoms with Crippen LogP contribution in [0, 0.1) is 0 Å². The molecule has 1 aromatic rings.